The summed E-state index contributed by atoms with van der Waals surface area (Å²) >= 11 is 1.59. The third-order valence-electron chi connectivity index (χ3n) is 1.81. The van der Waals surface area contributed by atoms with Crippen molar-refractivity contribution >= 4 is 11.3 Å². The van der Waals surface area contributed by atoms with Crippen LogP contribution in [0, 0.1) is 18.3 Å². The van der Waals surface area contributed by atoms with E-state index in [4.69, 9.17) is 5.26 Å². The van der Waals surface area contributed by atoms with E-state index >= 15 is 0 Å². The Morgan fingerprint density at radius 3 is 3.08 bits per heavy atom. The van der Waals surface area contributed by atoms with Gasteiger partial charge in [-0.3, -0.25) is 5.10 Å². The zero-order valence-electron chi connectivity index (χ0n) is 7.03. The van der Waals surface area contributed by atoms with Gasteiger partial charge in [-0.1, -0.05) is 6.07 Å². The molecular formula is C9H7N3S. The standard InChI is InChI=1S/C9H7N3S/c1-6-7(5-10)9(12-11-6)8-3-2-4-13-8/h2-4H,1H3,(H,11,12). The molecule has 0 atom stereocenters. The lowest BCUT2D eigenvalue weighted by Gasteiger charge is -1.89. The van der Waals surface area contributed by atoms with Crippen LogP contribution in [0.1, 0.15) is 11.3 Å². The van der Waals surface area contributed by atoms with Crippen LogP contribution < -0.4 is 0 Å². The van der Waals surface area contributed by atoms with E-state index in [1.165, 1.54) is 0 Å². The van der Waals surface area contributed by atoms with Gasteiger partial charge in [-0.15, -0.1) is 11.3 Å². The van der Waals surface area contributed by atoms with Crippen molar-refractivity contribution < 1.29 is 0 Å². The second-order valence-electron chi connectivity index (χ2n) is 2.66. The van der Waals surface area contributed by atoms with Crippen LogP contribution in [0.5, 0.6) is 0 Å². The number of hydrogen-bond donors (Lipinski definition) is 1. The van der Waals surface area contributed by atoms with Crippen molar-refractivity contribution in [3.63, 3.8) is 0 Å². The Labute approximate surface area is 79.6 Å². The van der Waals surface area contributed by atoms with Crippen LogP contribution in [0.4, 0.5) is 0 Å². The number of nitrogens with zero attached hydrogens (tertiary/aromatic N) is 2. The van der Waals surface area contributed by atoms with Crippen molar-refractivity contribution in [1.82, 2.24) is 10.2 Å². The van der Waals surface area contributed by atoms with E-state index in [9.17, 15) is 0 Å². The number of nitrogens with one attached hydrogen (secondary N) is 1. The number of hydrogen-bond acceptors (Lipinski definition) is 3. The minimum absolute atomic E-state index is 0.641. The largest absolute Gasteiger partial charge is 0.281 e. The SMILES string of the molecule is Cc1[nH]nc(-c2cccs2)c1C#N. The lowest BCUT2D eigenvalue weighted by atomic mass is 10.2. The summed E-state index contributed by atoms with van der Waals surface area (Å²) in [5.74, 6) is 0. The first-order chi connectivity index (χ1) is 6.33. The Hall–Kier alpha value is -1.60. The molecule has 64 valence electrons. The lowest BCUT2D eigenvalue weighted by molar-refractivity contribution is 1.05. The topological polar surface area (TPSA) is 52.5 Å². The van der Waals surface area contributed by atoms with Gasteiger partial charge >= 0.3 is 0 Å². The summed E-state index contributed by atoms with van der Waals surface area (Å²) in [5, 5.41) is 17.8. The Morgan fingerprint density at radius 2 is 2.46 bits per heavy atom. The van der Waals surface area contributed by atoms with Crippen LogP contribution in [0.15, 0.2) is 17.5 Å². The first kappa shape index (κ1) is 8.02. The molecule has 0 saturated heterocycles. The molecule has 0 bridgehead atoms. The molecule has 0 aliphatic heterocycles. The highest BCUT2D eigenvalue weighted by Crippen LogP contribution is 2.26. The average Bonchev–Trinajstić information content (AvgIpc) is 2.71. The summed E-state index contributed by atoms with van der Waals surface area (Å²) in [7, 11) is 0. The molecule has 1 N–H and O–H groups in total. The van der Waals surface area contributed by atoms with Gasteiger partial charge in [0, 0.05) is 0 Å². The summed E-state index contributed by atoms with van der Waals surface area (Å²) in [6.45, 7) is 1.85. The Balaban J connectivity index is 2.60. The molecule has 0 unspecified atom stereocenters. The van der Waals surface area contributed by atoms with E-state index in [-0.39, 0.29) is 0 Å². The molecule has 2 heterocycles. The molecular weight excluding hydrogens is 182 g/mol. The van der Waals surface area contributed by atoms with Gasteiger partial charge < -0.3 is 0 Å². The van der Waals surface area contributed by atoms with Gasteiger partial charge in [0.1, 0.15) is 17.3 Å². The van der Waals surface area contributed by atoms with Crippen LogP contribution in [0.25, 0.3) is 10.6 Å². The van der Waals surface area contributed by atoms with Gasteiger partial charge in [0.05, 0.1) is 10.6 Å². The molecule has 0 amide bonds. The van der Waals surface area contributed by atoms with E-state index in [1.54, 1.807) is 11.3 Å². The van der Waals surface area contributed by atoms with Gasteiger partial charge in [-0.25, -0.2) is 0 Å². The molecule has 0 radical (unpaired) electrons. The minimum atomic E-state index is 0.641. The van der Waals surface area contributed by atoms with Gasteiger partial charge in [0.15, 0.2) is 0 Å². The van der Waals surface area contributed by atoms with Crippen LogP contribution in [-0.4, -0.2) is 10.2 Å². The van der Waals surface area contributed by atoms with Crippen LogP contribution >= 0.6 is 11.3 Å². The molecule has 0 aromatic carbocycles. The molecule has 4 heteroatoms. The summed E-state index contributed by atoms with van der Waals surface area (Å²) in [5.41, 5.74) is 2.23. The van der Waals surface area contributed by atoms with E-state index in [0.717, 1.165) is 16.3 Å². The number of aryl methyl sites for hydroxylation is 1. The van der Waals surface area contributed by atoms with E-state index in [2.05, 4.69) is 16.3 Å². The predicted molar refractivity (Wildman–Crippen MR) is 51.4 cm³/mol. The van der Waals surface area contributed by atoms with Crippen LogP contribution in [0.2, 0.25) is 0 Å². The highest BCUT2D eigenvalue weighted by Gasteiger charge is 2.11. The number of aromatic amines is 1. The summed E-state index contributed by atoms with van der Waals surface area (Å²) < 4.78 is 0. The smallest absolute Gasteiger partial charge is 0.120 e. The monoisotopic (exact) mass is 189 g/mol. The summed E-state index contributed by atoms with van der Waals surface area (Å²) in [6, 6.07) is 6.05. The van der Waals surface area contributed by atoms with Crippen molar-refractivity contribution in [2.75, 3.05) is 0 Å². The fourth-order valence-corrected chi connectivity index (χ4v) is 1.88. The highest BCUT2D eigenvalue weighted by atomic mass is 32.1. The molecule has 2 rings (SSSR count). The zero-order chi connectivity index (χ0) is 9.26. The quantitative estimate of drug-likeness (QED) is 0.748. The second-order valence-corrected chi connectivity index (χ2v) is 3.61. The summed E-state index contributed by atoms with van der Waals surface area (Å²) in [6.07, 6.45) is 0. The first-order valence-corrected chi connectivity index (χ1v) is 4.70. The number of aromatic nitrogens is 2. The van der Waals surface area contributed by atoms with Crippen molar-refractivity contribution in [3.05, 3.63) is 28.8 Å². The van der Waals surface area contributed by atoms with Gasteiger partial charge in [0.25, 0.3) is 0 Å². The second kappa shape index (κ2) is 3.04. The van der Waals surface area contributed by atoms with E-state index < -0.39 is 0 Å². The van der Waals surface area contributed by atoms with Gasteiger partial charge in [0.2, 0.25) is 0 Å². The highest BCUT2D eigenvalue weighted by molar-refractivity contribution is 7.13. The molecule has 2 aromatic rings. The molecule has 0 aliphatic carbocycles. The lowest BCUT2D eigenvalue weighted by Crippen LogP contribution is -1.77. The maximum Gasteiger partial charge on any atom is 0.120 e. The third kappa shape index (κ3) is 1.23. The van der Waals surface area contributed by atoms with Crippen molar-refractivity contribution in [2.45, 2.75) is 6.92 Å². The van der Waals surface area contributed by atoms with Gasteiger partial charge in [-0.05, 0) is 18.4 Å². The van der Waals surface area contributed by atoms with Crippen molar-refractivity contribution in [1.29, 1.82) is 5.26 Å². The molecule has 0 spiro atoms. The van der Waals surface area contributed by atoms with Crippen LogP contribution in [-0.2, 0) is 0 Å². The van der Waals surface area contributed by atoms with Crippen LogP contribution in [0.3, 0.4) is 0 Å². The Kier molecular flexibility index (Phi) is 1.87. The van der Waals surface area contributed by atoms with Crippen molar-refractivity contribution in [3.8, 4) is 16.6 Å². The molecule has 3 nitrogen and oxygen atoms in total. The predicted octanol–water partition coefficient (Wildman–Crippen LogP) is 2.32. The minimum Gasteiger partial charge on any atom is -0.281 e. The maximum absolute atomic E-state index is 8.88. The number of H-pyrrole nitrogens is 1. The fourth-order valence-electron chi connectivity index (χ4n) is 1.16. The maximum atomic E-state index is 8.88. The molecule has 0 saturated carbocycles. The molecule has 0 fully saturated rings. The molecule has 2 aromatic heterocycles. The Bertz CT molecular complexity index is 448. The molecule has 0 aliphatic rings. The van der Waals surface area contributed by atoms with E-state index in [1.807, 2.05) is 24.4 Å². The fraction of sp³-hybridized carbons (Fsp3) is 0.111. The Morgan fingerprint density at radius 1 is 1.62 bits per heavy atom. The first-order valence-electron chi connectivity index (χ1n) is 3.82. The van der Waals surface area contributed by atoms with Gasteiger partial charge in [-0.2, -0.15) is 10.4 Å². The zero-order valence-corrected chi connectivity index (χ0v) is 7.85. The third-order valence-corrected chi connectivity index (χ3v) is 2.69. The normalized spacial score (nSPS) is 9.85. The number of nitriles is 1. The number of rotatable bonds is 1. The molecule has 13 heavy (non-hydrogen) atoms. The number of thiophene rings is 1. The van der Waals surface area contributed by atoms with Crippen molar-refractivity contribution in [2.24, 2.45) is 0 Å². The van der Waals surface area contributed by atoms with E-state index in [0.29, 0.717) is 5.56 Å². The summed E-state index contributed by atoms with van der Waals surface area (Å²) in [4.78, 5) is 1.03. The average molecular weight is 189 g/mol.